The first-order chi connectivity index (χ1) is 11.6. The summed E-state index contributed by atoms with van der Waals surface area (Å²) in [5.41, 5.74) is 0. The second kappa shape index (κ2) is 9.50. The second-order valence-corrected chi connectivity index (χ2v) is 5.88. The normalized spacial score (nSPS) is 34.6. The Morgan fingerprint density at radius 3 is 2.32 bits per heavy atom. The van der Waals surface area contributed by atoms with Crippen LogP contribution < -0.4 is 5.32 Å². The molecule has 1 rings (SSSR count). The van der Waals surface area contributed by atoms with Gasteiger partial charge in [0.2, 0.25) is 5.91 Å². The van der Waals surface area contributed by atoms with Crippen LogP contribution in [-0.2, 0) is 19.1 Å². The molecule has 0 aromatic carbocycles. The minimum atomic E-state index is -1.83. The Morgan fingerprint density at radius 1 is 1.24 bits per heavy atom. The minimum Gasteiger partial charge on any atom is -0.394 e. The summed E-state index contributed by atoms with van der Waals surface area (Å²) in [5, 5.41) is 60.3. The molecule has 0 bridgehead atoms. The molecule has 146 valence electrons. The van der Waals surface area contributed by atoms with E-state index in [4.69, 9.17) is 14.6 Å². The highest BCUT2D eigenvalue weighted by atomic mass is 16.7. The molecule has 0 aromatic rings. The molecular weight excluding hydrogens is 342 g/mol. The third kappa shape index (κ3) is 5.39. The lowest BCUT2D eigenvalue weighted by Crippen LogP contribution is -2.61. The molecule has 1 aliphatic heterocycles. The molecule has 0 spiro atoms. The topological polar surface area (TPSA) is 186 Å². The molecule has 11 heteroatoms. The van der Waals surface area contributed by atoms with E-state index in [0.717, 1.165) is 6.92 Å². The maximum atomic E-state index is 11.3. The zero-order valence-corrected chi connectivity index (χ0v) is 13.8. The van der Waals surface area contributed by atoms with E-state index in [1.165, 1.54) is 6.92 Å². The highest BCUT2D eigenvalue weighted by molar-refractivity contribution is 5.77. The summed E-state index contributed by atoms with van der Waals surface area (Å²) in [5.74, 6) is -0.634. The molecule has 7 N–H and O–H groups in total. The third-order valence-corrected chi connectivity index (χ3v) is 3.89. The molecule has 9 atom stereocenters. The van der Waals surface area contributed by atoms with Crippen molar-refractivity contribution in [1.29, 1.82) is 0 Å². The Kier molecular flexibility index (Phi) is 8.31. The quantitative estimate of drug-likeness (QED) is 0.207. The molecule has 25 heavy (non-hydrogen) atoms. The van der Waals surface area contributed by atoms with Crippen molar-refractivity contribution in [1.82, 2.24) is 5.32 Å². The fraction of sp³-hybridized carbons (Fsp3) is 0.857. The van der Waals surface area contributed by atoms with Gasteiger partial charge in [0.1, 0.15) is 49.0 Å². The van der Waals surface area contributed by atoms with Crippen LogP contribution in [0.15, 0.2) is 0 Å². The fourth-order valence-electron chi connectivity index (χ4n) is 2.41. The summed E-state index contributed by atoms with van der Waals surface area (Å²) in [4.78, 5) is 22.5. The van der Waals surface area contributed by atoms with Crippen LogP contribution >= 0.6 is 0 Å². The van der Waals surface area contributed by atoms with Crippen LogP contribution in [-0.4, -0.2) is 104 Å². The molecule has 1 fully saturated rings. The van der Waals surface area contributed by atoms with Crippen LogP contribution in [0.3, 0.4) is 0 Å². The first-order valence-electron chi connectivity index (χ1n) is 7.68. The van der Waals surface area contributed by atoms with Crippen molar-refractivity contribution in [3.8, 4) is 0 Å². The average molecular weight is 367 g/mol. The molecule has 1 heterocycles. The highest BCUT2D eigenvalue weighted by Gasteiger charge is 2.45. The van der Waals surface area contributed by atoms with Crippen molar-refractivity contribution < 1.29 is 49.7 Å². The molecule has 1 saturated heterocycles. The maximum Gasteiger partial charge on any atom is 0.217 e. The van der Waals surface area contributed by atoms with Gasteiger partial charge in [0.15, 0.2) is 6.29 Å². The molecule has 0 radical (unpaired) electrons. The van der Waals surface area contributed by atoms with E-state index in [9.17, 15) is 35.1 Å². The van der Waals surface area contributed by atoms with Gasteiger partial charge in [0.25, 0.3) is 0 Å². The zero-order valence-electron chi connectivity index (χ0n) is 13.8. The number of carbonyl (C=O) groups excluding carboxylic acids is 2. The molecule has 1 amide bonds. The first-order valence-corrected chi connectivity index (χ1v) is 7.68. The van der Waals surface area contributed by atoms with Gasteiger partial charge < -0.3 is 50.2 Å². The van der Waals surface area contributed by atoms with Crippen LogP contribution in [0.1, 0.15) is 13.8 Å². The van der Waals surface area contributed by atoms with Crippen molar-refractivity contribution in [2.24, 2.45) is 0 Å². The number of hydrogen-bond acceptors (Lipinski definition) is 10. The minimum absolute atomic E-state index is 0.239. The molecule has 0 saturated carbocycles. The maximum absolute atomic E-state index is 11.3. The Balaban J connectivity index is 3.02. The Morgan fingerprint density at radius 2 is 1.84 bits per heavy atom. The number of aldehydes is 1. The number of carbonyl (C=O) groups is 2. The van der Waals surface area contributed by atoms with Crippen LogP contribution in [0.2, 0.25) is 0 Å². The first kappa shape index (κ1) is 21.9. The molecule has 11 nitrogen and oxygen atoms in total. The summed E-state index contributed by atoms with van der Waals surface area (Å²) in [7, 11) is 0. The Bertz CT molecular complexity index is 449. The lowest BCUT2D eigenvalue weighted by molar-refractivity contribution is -0.314. The highest BCUT2D eigenvalue weighted by Crippen LogP contribution is 2.24. The lowest BCUT2D eigenvalue weighted by Gasteiger charge is -2.42. The monoisotopic (exact) mass is 367 g/mol. The number of amides is 1. The van der Waals surface area contributed by atoms with Crippen molar-refractivity contribution >= 4 is 12.2 Å². The molecule has 0 aliphatic carbocycles. The predicted octanol–water partition coefficient (Wildman–Crippen LogP) is -4.38. The standard InChI is InChI=1S/C14H25NO10/c1-5-9(20)11(22)12(23)14(24-5)25-13(10(21)8(19)4-17)7(3-16)15-6(2)18/h3,5,7-14,17,19-23H,4H2,1-2H3,(H,15,18)/t5-,7-,8+,9+,10+,11+,12-,13+,14+/m0/s1. The number of nitrogens with one attached hydrogen (secondary N) is 1. The number of rotatable bonds is 8. The summed E-state index contributed by atoms with van der Waals surface area (Å²) in [6.07, 6.45) is -12.2. The predicted molar refractivity (Wildman–Crippen MR) is 80.0 cm³/mol. The van der Waals surface area contributed by atoms with Crippen molar-refractivity contribution in [2.45, 2.75) is 68.9 Å². The largest absolute Gasteiger partial charge is 0.394 e. The number of aliphatic hydroxyl groups is 6. The van der Waals surface area contributed by atoms with E-state index < -0.39 is 67.6 Å². The lowest BCUT2D eigenvalue weighted by atomic mass is 9.98. The zero-order chi connectivity index (χ0) is 19.3. The Labute approximate surface area is 143 Å². The number of hydrogen-bond donors (Lipinski definition) is 7. The van der Waals surface area contributed by atoms with Gasteiger partial charge in [-0.2, -0.15) is 0 Å². The smallest absolute Gasteiger partial charge is 0.217 e. The van der Waals surface area contributed by atoms with E-state index in [1.54, 1.807) is 0 Å². The van der Waals surface area contributed by atoms with Crippen molar-refractivity contribution in [3.63, 3.8) is 0 Å². The van der Waals surface area contributed by atoms with Crippen LogP contribution in [0, 0.1) is 0 Å². The van der Waals surface area contributed by atoms with Gasteiger partial charge in [0, 0.05) is 6.92 Å². The van der Waals surface area contributed by atoms with Gasteiger partial charge in [-0.15, -0.1) is 0 Å². The SMILES string of the molecule is CC(=O)N[C@@H](C=O)[C@@H](O[C@H]1O[C@@H](C)[C@@H](O)[C@@H](O)[C@@H]1O)[C@H](O)[C@H](O)CO. The molecule has 0 aromatic heterocycles. The summed E-state index contributed by atoms with van der Waals surface area (Å²) < 4.78 is 10.5. The van der Waals surface area contributed by atoms with E-state index in [2.05, 4.69) is 5.32 Å². The van der Waals surface area contributed by atoms with Gasteiger partial charge in [-0.05, 0) is 6.92 Å². The third-order valence-electron chi connectivity index (χ3n) is 3.89. The van der Waals surface area contributed by atoms with E-state index in [-0.39, 0.29) is 6.29 Å². The summed E-state index contributed by atoms with van der Waals surface area (Å²) >= 11 is 0. The van der Waals surface area contributed by atoms with Gasteiger partial charge in [-0.25, -0.2) is 0 Å². The van der Waals surface area contributed by atoms with Crippen LogP contribution in [0.25, 0.3) is 0 Å². The summed E-state index contributed by atoms with van der Waals surface area (Å²) in [6, 6.07) is -1.44. The molecule has 0 unspecified atom stereocenters. The fourth-order valence-corrected chi connectivity index (χ4v) is 2.41. The number of ether oxygens (including phenoxy) is 2. The van der Waals surface area contributed by atoms with E-state index >= 15 is 0 Å². The second-order valence-electron chi connectivity index (χ2n) is 5.88. The van der Waals surface area contributed by atoms with Gasteiger partial charge in [-0.1, -0.05) is 0 Å². The van der Waals surface area contributed by atoms with Crippen molar-refractivity contribution in [3.05, 3.63) is 0 Å². The van der Waals surface area contributed by atoms with Crippen LogP contribution in [0.5, 0.6) is 0 Å². The van der Waals surface area contributed by atoms with Gasteiger partial charge >= 0.3 is 0 Å². The molecular formula is C14H25NO10. The number of aliphatic hydroxyl groups excluding tert-OH is 6. The van der Waals surface area contributed by atoms with E-state index in [1.807, 2.05) is 0 Å². The summed E-state index contributed by atoms with van der Waals surface area (Å²) in [6.45, 7) is 1.64. The van der Waals surface area contributed by atoms with Crippen LogP contribution in [0.4, 0.5) is 0 Å². The molecule has 1 aliphatic rings. The van der Waals surface area contributed by atoms with E-state index in [0.29, 0.717) is 0 Å². The van der Waals surface area contributed by atoms with Gasteiger partial charge in [0.05, 0.1) is 12.7 Å². The van der Waals surface area contributed by atoms with Crippen molar-refractivity contribution in [2.75, 3.05) is 6.61 Å². The average Bonchev–Trinajstić information content (AvgIpc) is 2.58. The van der Waals surface area contributed by atoms with Gasteiger partial charge in [-0.3, -0.25) is 4.79 Å². The Hall–Kier alpha value is -1.18.